The average Bonchev–Trinajstić information content (AvgIpc) is 2.88. The Morgan fingerprint density at radius 2 is 2.41 bits per heavy atom. The van der Waals surface area contributed by atoms with Gasteiger partial charge in [-0.15, -0.1) is 0 Å². The van der Waals surface area contributed by atoms with Gasteiger partial charge in [0.1, 0.15) is 5.75 Å². The third-order valence-electron chi connectivity index (χ3n) is 3.36. The molecule has 0 radical (unpaired) electrons. The molecule has 1 aromatic carbocycles. The number of nitrogens with one attached hydrogen (secondary N) is 2. The normalized spacial score (nSPS) is 19.5. The maximum absolute atomic E-state index is 5.21. The fourth-order valence-electron chi connectivity index (χ4n) is 2.28. The molecule has 0 aromatic heterocycles. The molecule has 0 spiro atoms. The van der Waals surface area contributed by atoms with Crippen molar-refractivity contribution in [2.75, 3.05) is 26.7 Å². The zero-order valence-corrected chi connectivity index (χ0v) is 10.5. The second-order valence-electron chi connectivity index (χ2n) is 4.68. The van der Waals surface area contributed by atoms with E-state index in [2.05, 4.69) is 22.8 Å². The Bertz CT molecular complexity index is 335. The van der Waals surface area contributed by atoms with Crippen LogP contribution in [0.2, 0.25) is 0 Å². The van der Waals surface area contributed by atoms with Gasteiger partial charge in [0.15, 0.2) is 0 Å². The Labute approximate surface area is 104 Å². The van der Waals surface area contributed by atoms with Crippen molar-refractivity contribution in [2.24, 2.45) is 5.92 Å². The van der Waals surface area contributed by atoms with E-state index >= 15 is 0 Å². The summed E-state index contributed by atoms with van der Waals surface area (Å²) in [6.07, 6.45) is 2.61. The zero-order chi connectivity index (χ0) is 11.9. The molecule has 1 saturated heterocycles. The quantitative estimate of drug-likeness (QED) is 0.736. The number of ether oxygens (including phenoxy) is 1. The van der Waals surface area contributed by atoms with Crippen LogP contribution in [0, 0.1) is 5.92 Å². The minimum absolute atomic E-state index is 0.868. The molecule has 1 atom stereocenters. The van der Waals surface area contributed by atoms with Gasteiger partial charge in [-0.1, -0.05) is 12.1 Å². The van der Waals surface area contributed by atoms with Crippen molar-refractivity contribution in [3.8, 4) is 5.75 Å². The van der Waals surface area contributed by atoms with Crippen LogP contribution < -0.4 is 15.4 Å². The Morgan fingerprint density at radius 3 is 3.18 bits per heavy atom. The van der Waals surface area contributed by atoms with Crippen molar-refractivity contribution in [1.29, 1.82) is 0 Å². The average molecular weight is 234 g/mol. The molecule has 0 bridgehead atoms. The van der Waals surface area contributed by atoms with Crippen molar-refractivity contribution >= 4 is 0 Å². The molecule has 0 saturated carbocycles. The van der Waals surface area contributed by atoms with Gasteiger partial charge in [0.25, 0.3) is 0 Å². The molecule has 1 aliphatic rings. The van der Waals surface area contributed by atoms with Crippen LogP contribution >= 0.6 is 0 Å². The van der Waals surface area contributed by atoms with Crippen molar-refractivity contribution < 1.29 is 4.74 Å². The lowest BCUT2D eigenvalue weighted by Gasteiger charge is -2.09. The first-order valence-electron chi connectivity index (χ1n) is 6.43. The van der Waals surface area contributed by atoms with Crippen molar-refractivity contribution in [3.05, 3.63) is 29.8 Å². The number of benzene rings is 1. The summed E-state index contributed by atoms with van der Waals surface area (Å²) in [5.74, 6) is 1.80. The summed E-state index contributed by atoms with van der Waals surface area (Å²) in [5.41, 5.74) is 1.29. The van der Waals surface area contributed by atoms with E-state index in [9.17, 15) is 0 Å². The molecule has 3 heteroatoms. The minimum atomic E-state index is 0.868. The molecule has 2 rings (SSSR count). The lowest BCUT2D eigenvalue weighted by atomic mass is 10.1. The van der Waals surface area contributed by atoms with Crippen LogP contribution in [0.3, 0.4) is 0 Å². The van der Waals surface area contributed by atoms with Gasteiger partial charge >= 0.3 is 0 Å². The number of hydrogen-bond donors (Lipinski definition) is 2. The molecule has 1 heterocycles. The van der Waals surface area contributed by atoms with E-state index in [0.717, 1.165) is 24.8 Å². The van der Waals surface area contributed by atoms with E-state index < -0.39 is 0 Å². The Balaban J connectivity index is 1.66. The smallest absolute Gasteiger partial charge is 0.119 e. The first kappa shape index (κ1) is 12.4. The standard InChI is InChI=1S/C14H22N2O/c1-17-14-4-2-3-13(9-14)11-16-8-6-12-5-7-15-10-12/h2-4,9,12,15-16H,5-8,10-11H2,1H3. The molecular weight excluding hydrogens is 212 g/mol. The fraction of sp³-hybridized carbons (Fsp3) is 0.571. The molecule has 17 heavy (non-hydrogen) atoms. The van der Waals surface area contributed by atoms with E-state index in [1.165, 1.54) is 31.5 Å². The largest absolute Gasteiger partial charge is 0.497 e. The highest BCUT2D eigenvalue weighted by Gasteiger charge is 2.13. The van der Waals surface area contributed by atoms with E-state index in [1.807, 2.05) is 12.1 Å². The Kier molecular flexibility index (Phi) is 4.83. The molecule has 1 aliphatic heterocycles. The van der Waals surface area contributed by atoms with Gasteiger partial charge in [-0.25, -0.2) is 0 Å². The van der Waals surface area contributed by atoms with Crippen LogP contribution in [0.25, 0.3) is 0 Å². The van der Waals surface area contributed by atoms with E-state index in [0.29, 0.717) is 0 Å². The number of methoxy groups -OCH3 is 1. The third-order valence-corrected chi connectivity index (χ3v) is 3.36. The fourth-order valence-corrected chi connectivity index (χ4v) is 2.28. The van der Waals surface area contributed by atoms with E-state index in [1.54, 1.807) is 7.11 Å². The summed E-state index contributed by atoms with van der Waals surface area (Å²) in [4.78, 5) is 0. The zero-order valence-electron chi connectivity index (χ0n) is 10.5. The van der Waals surface area contributed by atoms with Crippen molar-refractivity contribution in [2.45, 2.75) is 19.4 Å². The molecule has 1 unspecified atom stereocenters. The predicted molar refractivity (Wildman–Crippen MR) is 70.3 cm³/mol. The molecule has 1 aromatic rings. The topological polar surface area (TPSA) is 33.3 Å². The number of hydrogen-bond acceptors (Lipinski definition) is 3. The molecule has 2 N–H and O–H groups in total. The third kappa shape index (κ3) is 4.02. The van der Waals surface area contributed by atoms with Crippen molar-refractivity contribution in [1.82, 2.24) is 10.6 Å². The summed E-state index contributed by atoms with van der Waals surface area (Å²) in [6.45, 7) is 4.42. The van der Waals surface area contributed by atoms with Crippen LogP contribution in [0.5, 0.6) is 5.75 Å². The second kappa shape index (κ2) is 6.62. The van der Waals surface area contributed by atoms with Gasteiger partial charge < -0.3 is 15.4 Å². The lowest BCUT2D eigenvalue weighted by molar-refractivity contribution is 0.414. The summed E-state index contributed by atoms with van der Waals surface area (Å²) in [6, 6.07) is 8.24. The van der Waals surface area contributed by atoms with Gasteiger partial charge in [0.2, 0.25) is 0 Å². The van der Waals surface area contributed by atoms with Crippen molar-refractivity contribution in [3.63, 3.8) is 0 Å². The van der Waals surface area contributed by atoms with Crippen LogP contribution in [0.1, 0.15) is 18.4 Å². The van der Waals surface area contributed by atoms with Crippen LogP contribution in [0.4, 0.5) is 0 Å². The lowest BCUT2D eigenvalue weighted by Crippen LogP contribution is -2.19. The molecule has 0 amide bonds. The Morgan fingerprint density at radius 1 is 1.47 bits per heavy atom. The summed E-state index contributed by atoms with van der Waals surface area (Å²) < 4.78 is 5.21. The first-order valence-corrected chi connectivity index (χ1v) is 6.43. The molecule has 1 fully saturated rings. The summed E-state index contributed by atoms with van der Waals surface area (Å²) in [7, 11) is 1.71. The van der Waals surface area contributed by atoms with Crippen LogP contribution in [-0.2, 0) is 6.54 Å². The molecular formula is C14H22N2O. The van der Waals surface area contributed by atoms with Gasteiger partial charge in [-0.2, -0.15) is 0 Å². The van der Waals surface area contributed by atoms with E-state index in [4.69, 9.17) is 4.74 Å². The van der Waals surface area contributed by atoms with Crippen LogP contribution in [-0.4, -0.2) is 26.7 Å². The highest BCUT2D eigenvalue weighted by atomic mass is 16.5. The SMILES string of the molecule is COc1cccc(CNCCC2CCNC2)c1. The highest BCUT2D eigenvalue weighted by Crippen LogP contribution is 2.13. The maximum Gasteiger partial charge on any atom is 0.119 e. The number of rotatable bonds is 6. The van der Waals surface area contributed by atoms with Gasteiger partial charge in [0.05, 0.1) is 7.11 Å². The van der Waals surface area contributed by atoms with Gasteiger partial charge in [0, 0.05) is 6.54 Å². The molecule has 3 nitrogen and oxygen atoms in total. The maximum atomic E-state index is 5.21. The Hall–Kier alpha value is -1.06. The van der Waals surface area contributed by atoms with Gasteiger partial charge in [-0.3, -0.25) is 0 Å². The first-order chi connectivity index (χ1) is 8.38. The van der Waals surface area contributed by atoms with E-state index in [-0.39, 0.29) is 0 Å². The highest BCUT2D eigenvalue weighted by molar-refractivity contribution is 5.28. The van der Waals surface area contributed by atoms with Gasteiger partial charge in [-0.05, 0) is 56.1 Å². The molecule has 94 valence electrons. The second-order valence-corrected chi connectivity index (χ2v) is 4.68. The minimum Gasteiger partial charge on any atom is -0.497 e. The summed E-state index contributed by atoms with van der Waals surface area (Å²) >= 11 is 0. The van der Waals surface area contributed by atoms with Crippen LogP contribution in [0.15, 0.2) is 24.3 Å². The summed E-state index contributed by atoms with van der Waals surface area (Å²) in [5, 5.41) is 6.90. The molecule has 0 aliphatic carbocycles. The predicted octanol–water partition coefficient (Wildman–Crippen LogP) is 1.78. The monoisotopic (exact) mass is 234 g/mol.